The summed E-state index contributed by atoms with van der Waals surface area (Å²) in [7, 11) is 1.56. The molecule has 13 heavy (non-hydrogen) atoms. The number of benzene rings is 1. The van der Waals surface area contributed by atoms with Crippen molar-refractivity contribution in [2.45, 2.75) is 0 Å². The van der Waals surface area contributed by atoms with Crippen molar-refractivity contribution in [1.82, 2.24) is 4.98 Å². The summed E-state index contributed by atoms with van der Waals surface area (Å²) in [6.45, 7) is 0. The van der Waals surface area contributed by atoms with E-state index in [4.69, 9.17) is 4.74 Å². The maximum atomic E-state index is 9.51. The first-order valence-electron chi connectivity index (χ1n) is 3.93. The van der Waals surface area contributed by atoms with E-state index in [0.29, 0.717) is 5.88 Å². The third-order valence-corrected chi connectivity index (χ3v) is 1.94. The molecule has 2 aromatic rings. The summed E-state index contributed by atoms with van der Waals surface area (Å²) >= 11 is 0. The van der Waals surface area contributed by atoms with Gasteiger partial charge < -0.3 is 9.84 Å². The fourth-order valence-corrected chi connectivity index (χ4v) is 1.33. The van der Waals surface area contributed by atoms with E-state index in [9.17, 15) is 5.11 Å². The van der Waals surface area contributed by atoms with Crippen molar-refractivity contribution < 1.29 is 9.84 Å². The van der Waals surface area contributed by atoms with Gasteiger partial charge in [0.2, 0.25) is 5.88 Å². The normalized spacial score (nSPS) is 10.2. The van der Waals surface area contributed by atoms with Gasteiger partial charge in [0, 0.05) is 17.0 Å². The first-order chi connectivity index (χ1) is 6.33. The minimum absolute atomic E-state index is 0.248. The van der Waals surface area contributed by atoms with Gasteiger partial charge in [-0.05, 0) is 18.2 Å². The molecule has 0 saturated carbocycles. The van der Waals surface area contributed by atoms with Crippen molar-refractivity contribution in [3.05, 3.63) is 30.5 Å². The highest BCUT2D eigenvalue weighted by atomic mass is 16.5. The zero-order chi connectivity index (χ0) is 9.26. The summed E-state index contributed by atoms with van der Waals surface area (Å²) < 4.78 is 5.06. The van der Waals surface area contributed by atoms with Gasteiger partial charge in [-0.3, -0.25) is 0 Å². The lowest BCUT2D eigenvalue weighted by Crippen LogP contribution is -1.88. The summed E-state index contributed by atoms with van der Waals surface area (Å²) in [5.41, 5.74) is 0. The number of ether oxygens (including phenoxy) is 1. The number of hydrogen-bond donors (Lipinski definition) is 1. The molecule has 0 fully saturated rings. The van der Waals surface area contributed by atoms with Crippen LogP contribution in [0.15, 0.2) is 30.5 Å². The molecule has 66 valence electrons. The van der Waals surface area contributed by atoms with Gasteiger partial charge in [0.25, 0.3) is 0 Å². The second-order valence-electron chi connectivity index (χ2n) is 2.69. The second-order valence-corrected chi connectivity index (χ2v) is 2.69. The van der Waals surface area contributed by atoms with Crippen LogP contribution >= 0.6 is 0 Å². The molecule has 0 amide bonds. The number of nitrogens with zero attached hydrogens (tertiary/aromatic N) is 1. The third kappa shape index (κ3) is 1.18. The highest BCUT2D eigenvalue weighted by Crippen LogP contribution is 2.28. The number of fused-ring (bicyclic) bond motifs is 1. The average Bonchev–Trinajstić information content (AvgIpc) is 2.18. The lowest BCUT2D eigenvalue weighted by Gasteiger charge is -2.04. The zero-order valence-electron chi connectivity index (χ0n) is 7.19. The highest BCUT2D eigenvalue weighted by Gasteiger charge is 2.03. The Kier molecular flexibility index (Phi) is 1.77. The van der Waals surface area contributed by atoms with Gasteiger partial charge in [-0.2, -0.15) is 0 Å². The predicted octanol–water partition coefficient (Wildman–Crippen LogP) is 1.95. The monoisotopic (exact) mass is 175 g/mol. The van der Waals surface area contributed by atoms with E-state index in [1.165, 1.54) is 0 Å². The first kappa shape index (κ1) is 7.86. The van der Waals surface area contributed by atoms with Crippen LogP contribution in [0.4, 0.5) is 0 Å². The van der Waals surface area contributed by atoms with Crippen LogP contribution in [0.3, 0.4) is 0 Å². The van der Waals surface area contributed by atoms with Gasteiger partial charge in [0.1, 0.15) is 5.75 Å². The molecule has 3 heteroatoms. The van der Waals surface area contributed by atoms with E-state index in [-0.39, 0.29) is 5.75 Å². The lowest BCUT2D eigenvalue weighted by molar-refractivity contribution is 0.403. The molecule has 3 nitrogen and oxygen atoms in total. The summed E-state index contributed by atoms with van der Waals surface area (Å²) in [5.74, 6) is 0.784. The van der Waals surface area contributed by atoms with Crippen molar-refractivity contribution in [3.8, 4) is 11.6 Å². The van der Waals surface area contributed by atoms with Crippen LogP contribution in [0.2, 0.25) is 0 Å². The maximum Gasteiger partial charge on any atom is 0.221 e. The van der Waals surface area contributed by atoms with Crippen LogP contribution in [-0.2, 0) is 0 Å². The second kappa shape index (κ2) is 2.94. The van der Waals surface area contributed by atoms with Gasteiger partial charge in [-0.1, -0.05) is 6.07 Å². The Morgan fingerprint density at radius 1 is 1.23 bits per heavy atom. The standard InChI is InChI=1S/C10H9NO2/c1-13-10-8-3-2-4-9(12)7(8)5-6-11-10/h2-6,12H,1H3. The number of aromatic hydroxyl groups is 1. The summed E-state index contributed by atoms with van der Waals surface area (Å²) in [6.07, 6.45) is 1.61. The Morgan fingerprint density at radius 3 is 2.85 bits per heavy atom. The van der Waals surface area contributed by atoms with E-state index >= 15 is 0 Å². The number of phenols is 1. The van der Waals surface area contributed by atoms with Crippen molar-refractivity contribution in [2.24, 2.45) is 0 Å². The van der Waals surface area contributed by atoms with Crippen molar-refractivity contribution in [2.75, 3.05) is 7.11 Å². The Balaban J connectivity index is 2.84. The number of methoxy groups -OCH3 is 1. The predicted molar refractivity (Wildman–Crippen MR) is 50.0 cm³/mol. The van der Waals surface area contributed by atoms with E-state index < -0.39 is 0 Å². The fraction of sp³-hybridized carbons (Fsp3) is 0.100. The number of pyridine rings is 1. The van der Waals surface area contributed by atoms with E-state index in [1.54, 1.807) is 31.5 Å². The highest BCUT2D eigenvalue weighted by molar-refractivity contribution is 5.91. The molecular weight excluding hydrogens is 166 g/mol. The first-order valence-corrected chi connectivity index (χ1v) is 3.93. The number of aromatic nitrogens is 1. The van der Waals surface area contributed by atoms with Crippen LogP contribution in [0, 0.1) is 0 Å². The Labute approximate surface area is 75.6 Å². The third-order valence-electron chi connectivity index (χ3n) is 1.94. The molecule has 2 rings (SSSR count). The topological polar surface area (TPSA) is 42.4 Å². The van der Waals surface area contributed by atoms with Crippen molar-refractivity contribution >= 4 is 10.8 Å². The fourth-order valence-electron chi connectivity index (χ4n) is 1.33. The molecule has 1 heterocycles. The zero-order valence-corrected chi connectivity index (χ0v) is 7.19. The quantitative estimate of drug-likeness (QED) is 0.720. The van der Waals surface area contributed by atoms with E-state index in [2.05, 4.69) is 4.98 Å². The Hall–Kier alpha value is -1.77. The molecule has 0 bridgehead atoms. The minimum Gasteiger partial charge on any atom is -0.507 e. The molecule has 1 N–H and O–H groups in total. The SMILES string of the molecule is COc1nccc2c(O)cccc12. The van der Waals surface area contributed by atoms with E-state index in [1.807, 2.05) is 6.07 Å². The number of phenolic OH excluding ortho intramolecular Hbond substituents is 1. The van der Waals surface area contributed by atoms with Gasteiger partial charge in [-0.25, -0.2) is 4.98 Å². The van der Waals surface area contributed by atoms with Crippen LogP contribution in [0.5, 0.6) is 11.6 Å². The van der Waals surface area contributed by atoms with Crippen LogP contribution in [0.1, 0.15) is 0 Å². The summed E-state index contributed by atoms with van der Waals surface area (Å²) in [4.78, 5) is 4.03. The minimum atomic E-state index is 0.248. The van der Waals surface area contributed by atoms with Crippen LogP contribution in [-0.4, -0.2) is 17.2 Å². The molecule has 0 saturated heterocycles. The van der Waals surface area contributed by atoms with Crippen LogP contribution < -0.4 is 4.74 Å². The molecule has 0 atom stereocenters. The molecule has 0 aliphatic rings. The molecule has 0 aliphatic heterocycles. The number of hydrogen-bond acceptors (Lipinski definition) is 3. The molecule has 1 aromatic heterocycles. The molecule has 0 spiro atoms. The van der Waals surface area contributed by atoms with Gasteiger partial charge in [-0.15, -0.1) is 0 Å². The average molecular weight is 175 g/mol. The van der Waals surface area contributed by atoms with Crippen molar-refractivity contribution in [3.63, 3.8) is 0 Å². The Morgan fingerprint density at radius 2 is 2.08 bits per heavy atom. The lowest BCUT2D eigenvalue weighted by atomic mass is 10.1. The molecule has 1 aromatic carbocycles. The van der Waals surface area contributed by atoms with Gasteiger partial charge in [0.15, 0.2) is 0 Å². The largest absolute Gasteiger partial charge is 0.507 e. The number of rotatable bonds is 1. The molecular formula is C10H9NO2. The molecule has 0 radical (unpaired) electrons. The summed E-state index contributed by atoms with van der Waals surface area (Å²) in [5, 5.41) is 11.1. The molecule has 0 aliphatic carbocycles. The van der Waals surface area contributed by atoms with Gasteiger partial charge in [0.05, 0.1) is 7.11 Å². The van der Waals surface area contributed by atoms with E-state index in [0.717, 1.165) is 10.8 Å². The molecule has 0 unspecified atom stereocenters. The van der Waals surface area contributed by atoms with Crippen molar-refractivity contribution in [1.29, 1.82) is 0 Å². The Bertz CT molecular complexity index is 440. The van der Waals surface area contributed by atoms with Gasteiger partial charge >= 0.3 is 0 Å². The van der Waals surface area contributed by atoms with Crippen LogP contribution in [0.25, 0.3) is 10.8 Å². The smallest absolute Gasteiger partial charge is 0.221 e. The maximum absolute atomic E-state index is 9.51. The summed E-state index contributed by atoms with van der Waals surface area (Å²) in [6, 6.07) is 7.03.